The second kappa shape index (κ2) is 4.62. The van der Waals surface area contributed by atoms with Gasteiger partial charge >= 0.3 is 0 Å². The zero-order chi connectivity index (χ0) is 4.83. The van der Waals surface area contributed by atoms with E-state index < -0.39 is 0 Å². The lowest BCUT2D eigenvalue weighted by Crippen LogP contribution is -2.03. The molecule has 0 aliphatic rings. The molecule has 0 aromatic carbocycles. The monoisotopic (exact) mass is 88.0 g/mol. The van der Waals surface area contributed by atoms with Crippen molar-refractivity contribution in [3.8, 4) is 0 Å². The Morgan fingerprint density at radius 1 is 2.00 bits per heavy atom. The van der Waals surface area contributed by atoms with E-state index in [0.717, 1.165) is 0 Å². The molecule has 0 aromatic rings. The van der Waals surface area contributed by atoms with Gasteiger partial charge in [-0.1, -0.05) is 6.08 Å². The van der Waals surface area contributed by atoms with Crippen molar-refractivity contribution in [2.24, 2.45) is 0 Å². The molecule has 3 heteroatoms. The van der Waals surface area contributed by atoms with Crippen molar-refractivity contribution in [1.29, 1.82) is 0 Å². The highest BCUT2D eigenvalue weighted by Gasteiger charge is 1.61. The zero-order valence-electron chi connectivity index (χ0n) is 3.31. The van der Waals surface area contributed by atoms with Gasteiger partial charge in [0.1, 0.15) is 0 Å². The summed E-state index contributed by atoms with van der Waals surface area (Å²) in [6.07, 6.45) is 1.48. The smallest absolute Gasteiger partial charge is 0.0849 e. The van der Waals surface area contributed by atoms with Crippen molar-refractivity contribution < 1.29 is 4.84 Å². The molecule has 36 valence electrons. The molecule has 0 saturated carbocycles. The van der Waals surface area contributed by atoms with Gasteiger partial charge in [-0.15, -0.1) is 6.58 Å². The van der Waals surface area contributed by atoms with E-state index in [1.807, 2.05) is 0 Å². The Morgan fingerprint density at radius 3 is 2.83 bits per heavy atom. The van der Waals surface area contributed by atoms with Crippen LogP contribution >= 0.6 is 0 Å². The summed E-state index contributed by atoms with van der Waals surface area (Å²) >= 11 is 0. The molecule has 0 bridgehead atoms. The second-order valence-electron chi connectivity index (χ2n) is 0.683. The van der Waals surface area contributed by atoms with E-state index in [2.05, 4.69) is 11.4 Å². The minimum Gasteiger partial charge on any atom is -0.765 e. The second-order valence-corrected chi connectivity index (χ2v) is 0.683. The molecule has 0 saturated heterocycles. The van der Waals surface area contributed by atoms with E-state index in [-0.39, 0.29) is 6.61 Å². The van der Waals surface area contributed by atoms with Crippen LogP contribution in [0.25, 0.3) is 0 Å². The molecule has 0 spiro atoms. The topological polar surface area (TPSA) is 44.3 Å². The van der Waals surface area contributed by atoms with E-state index in [4.69, 9.17) is 5.21 Å². The van der Waals surface area contributed by atoms with E-state index in [1.54, 1.807) is 0 Å². The van der Waals surface area contributed by atoms with E-state index in [1.165, 1.54) is 11.7 Å². The van der Waals surface area contributed by atoms with Gasteiger partial charge < -0.3 is 10.0 Å². The maximum Gasteiger partial charge on any atom is 0.0849 e. The number of hydrogen-bond donors (Lipinski definition) is 1. The summed E-state index contributed by atoms with van der Waals surface area (Å²) in [6, 6.07) is 0. The van der Waals surface area contributed by atoms with E-state index >= 15 is 0 Å². The summed E-state index contributed by atoms with van der Waals surface area (Å²) in [5.74, 6) is 0. The molecule has 0 aliphatic carbocycles. The largest absolute Gasteiger partial charge is 0.765 e. The van der Waals surface area contributed by atoms with Gasteiger partial charge in [0.05, 0.1) is 6.61 Å². The predicted octanol–water partition coefficient (Wildman–Crippen LogP) is 0.191. The highest BCUT2D eigenvalue weighted by atomic mass is 16.8. The average molecular weight is 88.1 g/mol. The maximum absolute atomic E-state index is 9.17. The van der Waals surface area contributed by atoms with Gasteiger partial charge in [-0.3, -0.25) is 5.64 Å². The lowest BCUT2D eigenvalue weighted by molar-refractivity contribution is 0.0960. The molecule has 0 fully saturated rings. The van der Waals surface area contributed by atoms with Gasteiger partial charge in [-0.2, -0.15) is 0 Å². The van der Waals surface area contributed by atoms with Crippen LogP contribution in [0.3, 0.4) is 0 Å². The molecule has 0 unspecified atom stereocenters. The Labute approximate surface area is 36.1 Å². The third-order valence-electron chi connectivity index (χ3n) is 0.260. The van der Waals surface area contributed by atoms with Crippen molar-refractivity contribution in [2.75, 3.05) is 6.61 Å². The highest BCUT2D eigenvalue weighted by Crippen LogP contribution is 1.61. The summed E-state index contributed by atoms with van der Waals surface area (Å²) in [7, 11) is 0. The van der Waals surface area contributed by atoms with Crippen LogP contribution in [0.15, 0.2) is 12.7 Å². The van der Waals surface area contributed by atoms with Crippen molar-refractivity contribution in [2.45, 2.75) is 0 Å². The molecular weight excluding hydrogens is 82.0 g/mol. The third-order valence-corrected chi connectivity index (χ3v) is 0.260. The molecule has 6 heavy (non-hydrogen) atoms. The maximum atomic E-state index is 9.17. The van der Waals surface area contributed by atoms with Crippen LogP contribution in [0.2, 0.25) is 0 Å². The Morgan fingerprint density at radius 2 is 2.67 bits per heavy atom. The fourth-order valence-electron chi connectivity index (χ4n) is 0.0929. The molecule has 3 nitrogen and oxygen atoms in total. The van der Waals surface area contributed by atoms with Crippen LogP contribution in [0.1, 0.15) is 0 Å². The first-order chi connectivity index (χ1) is 2.91. The molecule has 0 rings (SSSR count). The van der Waals surface area contributed by atoms with Crippen LogP contribution in [-0.4, -0.2) is 6.61 Å². The van der Waals surface area contributed by atoms with Crippen molar-refractivity contribution >= 4 is 0 Å². The minimum absolute atomic E-state index is 0.253. The van der Waals surface area contributed by atoms with Crippen molar-refractivity contribution in [3.05, 3.63) is 17.9 Å². The Hall–Kier alpha value is -0.380. The van der Waals surface area contributed by atoms with Gasteiger partial charge in [0.2, 0.25) is 0 Å². The van der Waals surface area contributed by atoms with Crippen molar-refractivity contribution in [1.82, 2.24) is 5.64 Å². The number of hydrogen-bond acceptors (Lipinski definition) is 3. The van der Waals surface area contributed by atoms with Crippen LogP contribution in [-0.2, 0) is 4.84 Å². The van der Waals surface area contributed by atoms with E-state index in [0.29, 0.717) is 0 Å². The fraction of sp³-hybridized carbons (Fsp3) is 0.333. The fourth-order valence-corrected chi connectivity index (χ4v) is 0.0929. The van der Waals surface area contributed by atoms with Crippen LogP contribution in [0.5, 0.6) is 0 Å². The van der Waals surface area contributed by atoms with Gasteiger partial charge in [-0.05, 0) is 0 Å². The molecule has 0 heterocycles. The third kappa shape index (κ3) is 3.62. The molecule has 0 aromatic heterocycles. The Bertz CT molecular complexity index is 37.8. The first kappa shape index (κ1) is 5.62. The average Bonchev–Trinajstić information content (AvgIpc) is 1.61. The quantitative estimate of drug-likeness (QED) is 0.304. The summed E-state index contributed by atoms with van der Waals surface area (Å²) < 4.78 is 0. The Balaban J connectivity index is 2.49. The lowest BCUT2D eigenvalue weighted by atomic mass is 10.7. The summed E-state index contributed by atoms with van der Waals surface area (Å²) in [5.41, 5.74) is 1.25. The number of nitrogens with one attached hydrogen (secondary N) is 1. The lowest BCUT2D eigenvalue weighted by Gasteiger charge is -2.02. The van der Waals surface area contributed by atoms with Gasteiger partial charge in [0.25, 0.3) is 0 Å². The van der Waals surface area contributed by atoms with E-state index in [9.17, 15) is 0 Å². The zero-order valence-corrected chi connectivity index (χ0v) is 3.31. The molecule has 0 amide bonds. The predicted molar refractivity (Wildman–Crippen MR) is 22.7 cm³/mol. The molecule has 0 atom stereocenters. The van der Waals surface area contributed by atoms with Gasteiger partial charge in [-0.25, -0.2) is 0 Å². The molecule has 1 N–H and O–H groups in total. The van der Waals surface area contributed by atoms with Crippen LogP contribution < -0.4 is 5.64 Å². The normalized spacial score (nSPS) is 8.17. The highest BCUT2D eigenvalue weighted by molar-refractivity contribution is 4.62. The summed E-state index contributed by atoms with van der Waals surface area (Å²) in [5, 5.41) is 9.17. The van der Waals surface area contributed by atoms with Crippen LogP contribution in [0.4, 0.5) is 0 Å². The summed E-state index contributed by atoms with van der Waals surface area (Å²) in [4.78, 5) is 4.06. The van der Waals surface area contributed by atoms with Crippen LogP contribution in [0, 0.1) is 5.21 Å². The first-order valence-electron chi connectivity index (χ1n) is 1.51. The number of rotatable bonds is 3. The standard InChI is InChI=1S/C3H6NO2/c1-2-3-6-4-5/h2,4H,1,3H2/q-1. The molecular formula is C3H6NO2-. The molecule has 0 radical (unpaired) electrons. The Kier molecular flexibility index (Phi) is 4.33. The minimum atomic E-state index is 0.253. The molecule has 0 aliphatic heterocycles. The van der Waals surface area contributed by atoms with Gasteiger partial charge in [0.15, 0.2) is 0 Å². The summed E-state index contributed by atoms with van der Waals surface area (Å²) in [6.45, 7) is 3.55. The van der Waals surface area contributed by atoms with Gasteiger partial charge in [0, 0.05) is 0 Å². The van der Waals surface area contributed by atoms with Crippen molar-refractivity contribution in [3.63, 3.8) is 0 Å². The SMILES string of the molecule is C=CCON[O-]. The first-order valence-corrected chi connectivity index (χ1v) is 1.51.